The summed E-state index contributed by atoms with van der Waals surface area (Å²) in [7, 11) is 0. The number of carbonyl (C=O) groups excluding carboxylic acids is 1. The molecule has 0 aromatic carbocycles. The number of carbonyl (C=O) groups is 1. The summed E-state index contributed by atoms with van der Waals surface area (Å²) in [6.07, 6.45) is 1.84. The van der Waals surface area contributed by atoms with Gasteiger partial charge in [-0.05, 0) is 28.5 Å². The fourth-order valence-electron chi connectivity index (χ4n) is 2.01. The van der Waals surface area contributed by atoms with E-state index in [1.165, 1.54) is 0 Å². The summed E-state index contributed by atoms with van der Waals surface area (Å²) >= 11 is 1.61. The van der Waals surface area contributed by atoms with Crippen molar-refractivity contribution in [3.8, 4) is 0 Å². The van der Waals surface area contributed by atoms with E-state index in [-0.39, 0.29) is 5.91 Å². The van der Waals surface area contributed by atoms with Gasteiger partial charge in [-0.15, -0.1) is 0 Å². The molecule has 2 N–H and O–H groups in total. The van der Waals surface area contributed by atoms with Gasteiger partial charge in [0.25, 0.3) is 5.91 Å². The van der Waals surface area contributed by atoms with E-state index in [9.17, 15) is 4.79 Å². The molecule has 0 saturated carbocycles. The molecule has 0 unspecified atom stereocenters. The maximum atomic E-state index is 11.8. The molecule has 18 heavy (non-hydrogen) atoms. The van der Waals surface area contributed by atoms with Gasteiger partial charge in [-0.2, -0.15) is 16.3 Å². The van der Waals surface area contributed by atoms with Gasteiger partial charge in [0.2, 0.25) is 5.96 Å². The van der Waals surface area contributed by atoms with Crippen LogP contribution in [-0.2, 0) is 4.79 Å². The van der Waals surface area contributed by atoms with Crippen molar-refractivity contribution in [2.45, 2.75) is 0 Å². The predicted molar refractivity (Wildman–Crippen MR) is 72.3 cm³/mol. The molecular weight excluding hydrogens is 248 g/mol. The number of hydrogen-bond acceptors (Lipinski definition) is 5. The summed E-state index contributed by atoms with van der Waals surface area (Å²) in [6, 6.07) is 1.98. The molecule has 2 aliphatic rings. The van der Waals surface area contributed by atoms with E-state index in [0.29, 0.717) is 11.7 Å². The van der Waals surface area contributed by atoms with Gasteiger partial charge in [0.15, 0.2) is 0 Å². The van der Waals surface area contributed by atoms with E-state index in [0.717, 1.165) is 31.7 Å². The van der Waals surface area contributed by atoms with Crippen molar-refractivity contribution in [3.05, 3.63) is 28.1 Å². The van der Waals surface area contributed by atoms with Gasteiger partial charge in [0.05, 0.1) is 0 Å². The van der Waals surface area contributed by atoms with Crippen LogP contribution in [0.3, 0.4) is 0 Å². The minimum atomic E-state index is -0.185. The number of rotatable bonds is 1. The molecule has 0 aliphatic carbocycles. The number of guanidine groups is 1. The van der Waals surface area contributed by atoms with Crippen LogP contribution in [0, 0.1) is 0 Å². The average molecular weight is 262 g/mol. The zero-order chi connectivity index (χ0) is 12.4. The fraction of sp³-hybridized carbons (Fsp3) is 0.333. The molecule has 1 fully saturated rings. The van der Waals surface area contributed by atoms with E-state index >= 15 is 0 Å². The third-order valence-corrected chi connectivity index (χ3v) is 3.66. The minimum absolute atomic E-state index is 0.185. The molecule has 0 atom stereocenters. The number of piperazine rings is 1. The first kappa shape index (κ1) is 11.4. The first-order valence-electron chi connectivity index (χ1n) is 5.92. The second-order valence-electron chi connectivity index (χ2n) is 4.22. The number of nitrogens with one attached hydrogen (secondary N) is 2. The Bertz CT molecular complexity index is 500. The van der Waals surface area contributed by atoms with Crippen molar-refractivity contribution < 1.29 is 4.79 Å². The third kappa shape index (κ3) is 2.30. The zero-order valence-electron chi connectivity index (χ0n) is 9.85. The lowest BCUT2D eigenvalue weighted by Crippen LogP contribution is -2.49. The molecule has 0 bridgehead atoms. The predicted octanol–water partition coefficient (Wildman–Crippen LogP) is 0.480. The van der Waals surface area contributed by atoms with Crippen LogP contribution in [0.2, 0.25) is 0 Å². The summed E-state index contributed by atoms with van der Waals surface area (Å²) in [5.74, 6) is 0.498. The van der Waals surface area contributed by atoms with Crippen LogP contribution in [0.25, 0.3) is 6.08 Å². The van der Waals surface area contributed by atoms with E-state index in [1.807, 2.05) is 22.9 Å². The molecule has 3 rings (SSSR count). The Balaban J connectivity index is 1.74. The van der Waals surface area contributed by atoms with E-state index in [2.05, 4.69) is 20.5 Å². The number of hydrogen-bond donors (Lipinski definition) is 2. The minimum Gasteiger partial charge on any atom is -0.340 e. The highest BCUT2D eigenvalue weighted by Crippen LogP contribution is 2.14. The van der Waals surface area contributed by atoms with Crippen LogP contribution in [0.5, 0.6) is 0 Å². The normalized spacial score (nSPS) is 22.2. The van der Waals surface area contributed by atoms with E-state index < -0.39 is 0 Å². The molecule has 6 heteroatoms. The molecule has 1 amide bonds. The van der Waals surface area contributed by atoms with Crippen molar-refractivity contribution >= 4 is 29.3 Å². The molecular formula is C12H14N4OS. The number of amides is 1. The molecule has 0 radical (unpaired) electrons. The summed E-state index contributed by atoms with van der Waals surface area (Å²) in [5, 5.41) is 10.4. The number of nitrogens with zero attached hydrogens (tertiary/aromatic N) is 2. The Hall–Kier alpha value is -1.66. The van der Waals surface area contributed by atoms with E-state index in [1.54, 1.807) is 11.3 Å². The molecule has 1 saturated heterocycles. The Morgan fingerprint density at radius 2 is 2.22 bits per heavy atom. The topological polar surface area (TPSA) is 56.7 Å². The summed E-state index contributed by atoms with van der Waals surface area (Å²) < 4.78 is 0. The Labute approximate surface area is 109 Å². The van der Waals surface area contributed by atoms with Gasteiger partial charge in [-0.3, -0.25) is 4.79 Å². The lowest BCUT2D eigenvalue weighted by molar-refractivity contribution is -0.114. The zero-order valence-corrected chi connectivity index (χ0v) is 10.7. The maximum absolute atomic E-state index is 11.8. The monoisotopic (exact) mass is 262 g/mol. The van der Waals surface area contributed by atoms with Crippen LogP contribution in [-0.4, -0.2) is 42.9 Å². The fourth-order valence-corrected chi connectivity index (χ4v) is 2.62. The number of aliphatic imine (C=N–C) groups is 1. The largest absolute Gasteiger partial charge is 0.340 e. The smallest absolute Gasteiger partial charge is 0.296 e. The Kier molecular flexibility index (Phi) is 3.12. The molecule has 1 aromatic heterocycles. The second-order valence-corrected chi connectivity index (χ2v) is 5.00. The lowest BCUT2D eigenvalue weighted by atomic mass is 10.2. The lowest BCUT2D eigenvalue weighted by Gasteiger charge is -2.28. The first-order chi connectivity index (χ1) is 8.83. The van der Waals surface area contributed by atoms with Gasteiger partial charge in [-0.25, -0.2) is 0 Å². The van der Waals surface area contributed by atoms with Gasteiger partial charge in [-0.1, -0.05) is 0 Å². The summed E-state index contributed by atoms with van der Waals surface area (Å²) in [6.45, 7) is 3.62. The molecule has 2 aliphatic heterocycles. The van der Waals surface area contributed by atoms with Crippen molar-refractivity contribution in [2.75, 3.05) is 26.2 Å². The van der Waals surface area contributed by atoms with Crippen LogP contribution in [0.1, 0.15) is 5.56 Å². The quantitative estimate of drug-likeness (QED) is 0.723. The highest BCUT2D eigenvalue weighted by Gasteiger charge is 2.24. The summed E-state index contributed by atoms with van der Waals surface area (Å²) in [5.41, 5.74) is 1.59. The van der Waals surface area contributed by atoms with Crippen LogP contribution in [0.4, 0.5) is 0 Å². The molecule has 3 heterocycles. The van der Waals surface area contributed by atoms with Gasteiger partial charge < -0.3 is 15.5 Å². The van der Waals surface area contributed by atoms with Gasteiger partial charge >= 0.3 is 0 Å². The molecule has 0 spiro atoms. The Morgan fingerprint density at radius 3 is 2.94 bits per heavy atom. The molecule has 94 valence electrons. The molecule has 1 aromatic rings. The Morgan fingerprint density at radius 1 is 1.39 bits per heavy atom. The number of thiophene rings is 1. The standard InChI is InChI=1S/C12H14N4OS/c17-11-10(7-9-1-6-18-8-9)14-12(15-11)16-4-2-13-3-5-16/h1,6-8,13H,2-5H2,(H,14,15,17)/b10-7-. The van der Waals surface area contributed by atoms with Gasteiger partial charge in [0, 0.05) is 26.2 Å². The highest BCUT2D eigenvalue weighted by atomic mass is 32.1. The SMILES string of the molecule is O=C1N=C(N2CCNCC2)N/C1=C\c1ccsc1. The van der Waals surface area contributed by atoms with Crippen LogP contribution < -0.4 is 10.6 Å². The maximum Gasteiger partial charge on any atom is 0.296 e. The van der Waals surface area contributed by atoms with E-state index in [4.69, 9.17) is 0 Å². The van der Waals surface area contributed by atoms with Crippen LogP contribution in [0.15, 0.2) is 27.5 Å². The van der Waals surface area contributed by atoms with Crippen molar-refractivity contribution in [1.29, 1.82) is 0 Å². The highest BCUT2D eigenvalue weighted by molar-refractivity contribution is 7.08. The van der Waals surface area contributed by atoms with Crippen molar-refractivity contribution in [1.82, 2.24) is 15.5 Å². The first-order valence-corrected chi connectivity index (χ1v) is 6.87. The summed E-state index contributed by atoms with van der Waals surface area (Å²) in [4.78, 5) is 18.0. The second kappa shape index (κ2) is 4.91. The van der Waals surface area contributed by atoms with Crippen molar-refractivity contribution in [2.24, 2.45) is 4.99 Å². The van der Waals surface area contributed by atoms with Gasteiger partial charge in [0.1, 0.15) is 5.70 Å². The molecule has 5 nitrogen and oxygen atoms in total. The third-order valence-electron chi connectivity index (χ3n) is 2.96. The average Bonchev–Trinajstić information content (AvgIpc) is 3.02. The van der Waals surface area contributed by atoms with Crippen LogP contribution >= 0.6 is 11.3 Å². The van der Waals surface area contributed by atoms with Crippen molar-refractivity contribution in [3.63, 3.8) is 0 Å².